The number of alkyl halides is 1. The Morgan fingerprint density at radius 1 is 1.00 bits per heavy atom. The van der Waals surface area contributed by atoms with E-state index in [1.54, 1.807) is 0 Å². The second-order valence-electron chi connectivity index (χ2n) is 6.45. The number of hydrogen-bond acceptors (Lipinski definition) is 2. The number of rotatable bonds is 4. The van der Waals surface area contributed by atoms with Gasteiger partial charge in [-0.15, -0.1) is 0 Å². The van der Waals surface area contributed by atoms with E-state index < -0.39 is 0 Å². The first-order chi connectivity index (χ1) is 12.2. The maximum absolute atomic E-state index is 12.5. The molecule has 0 radical (unpaired) electrons. The van der Waals surface area contributed by atoms with Crippen molar-refractivity contribution in [2.24, 2.45) is 0 Å². The van der Waals surface area contributed by atoms with Gasteiger partial charge in [0, 0.05) is 36.4 Å². The Hall–Kier alpha value is -2.88. The molecule has 0 saturated carbocycles. The van der Waals surface area contributed by atoms with Crippen LogP contribution < -0.4 is 4.90 Å². The van der Waals surface area contributed by atoms with Gasteiger partial charge < -0.3 is 9.88 Å². The van der Waals surface area contributed by atoms with E-state index in [9.17, 15) is 4.39 Å². The molecule has 0 unspecified atom stereocenters. The summed E-state index contributed by atoms with van der Waals surface area (Å²) in [7, 11) is 1.90. The topological polar surface area (TPSA) is 31.9 Å². The zero-order valence-electron chi connectivity index (χ0n) is 14.4. The summed E-state index contributed by atoms with van der Waals surface area (Å²) in [5, 5.41) is 1.14. The van der Waals surface area contributed by atoms with Crippen molar-refractivity contribution >= 4 is 27.6 Å². The van der Waals surface area contributed by atoms with Crippen molar-refractivity contribution in [2.45, 2.75) is 6.92 Å². The van der Waals surface area contributed by atoms with E-state index >= 15 is 0 Å². The van der Waals surface area contributed by atoms with Gasteiger partial charge >= 0.3 is 0 Å². The molecule has 0 saturated heterocycles. The third-order valence-corrected chi connectivity index (χ3v) is 4.63. The number of anilines is 1. The number of benzene rings is 2. The largest absolute Gasteiger partial charge is 0.372 e. The summed E-state index contributed by atoms with van der Waals surface area (Å²) in [4.78, 5) is 9.93. The van der Waals surface area contributed by atoms with Gasteiger partial charge in [0.05, 0.1) is 11.0 Å². The predicted molar refractivity (Wildman–Crippen MR) is 103 cm³/mol. The summed E-state index contributed by atoms with van der Waals surface area (Å²) in [6.07, 6.45) is 1.90. The molecule has 4 heteroatoms. The molecule has 25 heavy (non-hydrogen) atoms. The van der Waals surface area contributed by atoms with Gasteiger partial charge in [-0.05, 0) is 47.9 Å². The third kappa shape index (κ3) is 2.84. The number of fused-ring (bicyclic) bond motifs is 3. The number of nitrogens with one attached hydrogen (secondary N) is 1. The van der Waals surface area contributed by atoms with Crippen LogP contribution in [0.15, 0.2) is 54.7 Å². The highest BCUT2D eigenvalue weighted by atomic mass is 19.1. The van der Waals surface area contributed by atoms with Crippen LogP contribution in [0.25, 0.3) is 33.1 Å². The first-order valence-corrected chi connectivity index (χ1v) is 8.41. The van der Waals surface area contributed by atoms with Crippen molar-refractivity contribution in [3.05, 3.63) is 60.3 Å². The van der Waals surface area contributed by atoms with E-state index in [1.165, 1.54) is 0 Å². The number of aryl methyl sites for hydroxylation is 1. The number of pyridine rings is 1. The molecule has 0 bridgehead atoms. The van der Waals surface area contributed by atoms with Crippen LogP contribution in [0.4, 0.5) is 10.1 Å². The lowest BCUT2D eigenvalue weighted by molar-refractivity contribution is 0.497. The van der Waals surface area contributed by atoms with Crippen LogP contribution in [0.1, 0.15) is 5.56 Å². The first-order valence-electron chi connectivity index (χ1n) is 8.41. The van der Waals surface area contributed by atoms with E-state index in [-0.39, 0.29) is 6.67 Å². The second kappa shape index (κ2) is 6.20. The third-order valence-electron chi connectivity index (χ3n) is 4.63. The van der Waals surface area contributed by atoms with Crippen LogP contribution in [0, 0.1) is 6.92 Å². The maximum atomic E-state index is 12.5. The molecule has 0 fully saturated rings. The van der Waals surface area contributed by atoms with Crippen LogP contribution >= 0.6 is 0 Å². The van der Waals surface area contributed by atoms with Crippen molar-refractivity contribution in [3.8, 4) is 11.1 Å². The molecular formula is C21H20FN3. The normalized spacial score (nSPS) is 11.3. The fourth-order valence-corrected chi connectivity index (χ4v) is 3.22. The van der Waals surface area contributed by atoms with Crippen LogP contribution in [0.3, 0.4) is 0 Å². The van der Waals surface area contributed by atoms with Gasteiger partial charge in [0.25, 0.3) is 0 Å². The van der Waals surface area contributed by atoms with Crippen molar-refractivity contribution in [3.63, 3.8) is 0 Å². The standard InChI is InChI=1S/C21H20FN3/c1-14-11-20-21(23-13-14)18-8-5-16(12-19(18)24-20)15-3-6-17(7-4-15)25(2)10-9-22/h3-8,11-13,24H,9-10H2,1-2H3. The van der Waals surface area contributed by atoms with Crippen molar-refractivity contribution < 1.29 is 4.39 Å². The Kier molecular flexibility index (Phi) is 3.88. The summed E-state index contributed by atoms with van der Waals surface area (Å²) < 4.78 is 12.5. The average molecular weight is 333 g/mol. The number of nitrogens with zero attached hydrogens (tertiary/aromatic N) is 2. The Morgan fingerprint density at radius 3 is 2.52 bits per heavy atom. The zero-order chi connectivity index (χ0) is 17.4. The van der Waals surface area contributed by atoms with Crippen molar-refractivity contribution in [1.29, 1.82) is 0 Å². The molecule has 0 amide bonds. The second-order valence-corrected chi connectivity index (χ2v) is 6.45. The molecule has 2 aromatic carbocycles. The van der Waals surface area contributed by atoms with Gasteiger partial charge in [0.1, 0.15) is 6.67 Å². The van der Waals surface area contributed by atoms with Gasteiger partial charge in [0.2, 0.25) is 0 Å². The summed E-state index contributed by atoms with van der Waals surface area (Å²) in [6.45, 7) is 2.11. The van der Waals surface area contributed by atoms with E-state index in [2.05, 4.69) is 46.4 Å². The molecule has 0 aliphatic carbocycles. The van der Waals surface area contributed by atoms with E-state index in [1.807, 2.05) is 37.2 Å². The minimum Gasteiger partial charge on any atom is -0.372 e. The van der Waals surface area contributed by atoms with Gasteiger partial charge in [-0.2, -0.15) is 0 Å². The van der Waals surface area contributed by atoms with Gasteiger partial charge in [0.15, 0.2) is 0 Å². The number of halogens is 1. The molecule has 1 N–H and O–H groups in total. The first kappa shape index (κ1) is 15.6. The molecular weight excluding hydrogens is 313 g/mol. The lowest BCUT2D eigenvalue weighted by atomic mass is 10.0. The Morgan fingerprint density at radius 2 is 1.76 bits per heavy atom. The van der Waals surface area contributed by atoms with Gasteiger partial charge in [-0.3, -0.25) is 4.98 Å². The quantitative estimate of drug-likeness (QED) is 0.563. The fraction of sp³-hybridized carbons (Fsp3) is 0.190. The molecule has 3 nitrogen and oxygen atoms in total. The molecule has 0 aliphatic heterocycles. The average Bonchev–Trinajstić information content (AvgIpc) is 2.98. The summed E-state index contributed by atoms with van der Waals surface area (Å²) in [5.41, 5.74) is 7.62. The minimum absolute atomic E-state index is 0.344. The molecule has 0 aliphatic rings. The number of H-pyrrole nitrogens is 1. The zero-order valence-corrected chi connectivity index (χ0v) is 14.4. The lowest BCUT2D eigenvalue weighted by Gasteiger charge is -2.17. The molecule has 4 rings (SSSR count). The molecule has 4 aromatic rings. The van der Waals surface area contributed by atoms with E-state index in [0.717, 1.165) is 44.3 Å². The number of aromatic amines is 1. The van der Waals surface area contributed by atoms with Gasteiger partial charge in [-0.25, -0.2) is 4.39 Å². The minimum atomic E-state index is -0.344. The molecule has 2 heterocycles. The summed E-state index contributed by atoms with van der Waals surface area (Å²) in [6, 6.07) is 16.7. The molecule has 2 aromatic heterocycles. The highest BCUT2D eigenvalue weighted by Gasteiger charge is 2.08. The predicted octanol–water partition coefficient (Wildman–Crippen LogP) is 5.10. The Balaban J connectivity index is 1.73. The molecule has 126 valence electrons. The van der Waals surface area contributed by atoms with Crippen LogP contribution in [-0.2, 0) is 0 Å². The fourth-order valence-electron chi connectivity index (χ4n) is 3.22. The van der Waals surface area contributed by atoms with Crippen LogP contribution in [0.2, 0.25) is 0 Å². The summed E-state index contributed by atoms with van der Waals surface area (Å²) >= 11 is 0. The van der Waals surface area contributed by atoms with Crippen LogP contribution in [-0.4, -0.2) is 30.2 Å². The molecule has 0 spiro atoms. The van der Waals surface area contributed by atoms with E-state index in [4.69, 9.17) is 0 Å². The highest BCUT2D eigenvalue weighted by molar-refractivity contribution is 6.06. The van der Waals surface area contributed by atoms with Gasteiger partial charge in [-0.1, -0.05) is 24.3 Å². The Labute approximate surface area is 146 Å². The van der Waals surface area contributed by atoms with Crippen LogP contribution in [0.5, 0.6) is 0 Å². The maximum Gasteiger partial charge on any atom is 0.107 e. The SMILES string of the molecule is Cc1cnc2c(c1)[nH]c1cc(-c3ccc(N(C)CCF)cc3)ccc12. The molecule has 0 atom stereocenters. The number of hydrogen-bond donors (Lipinski definition) is 1. The van der Waals surface area contributed by atoms with Crippen molar-refractivity contribution in [2.75, 3.05) is 25.2 Å². The monoisotopic (exact) mass is 333 g/mol. The van der Waals surface area contributed by atoms with Crippen molar-refractivity contribution in [1.82, 2.24) is 9.97 Å². The van der Waals surface area contributed by atoms with E-state index in [0.29, 0.717) is 6.54 Å². The smallest absolute Gasteiger partial charge is 0.107 e. The Bertz CT molecular complexity index is 1030. The summed E-state index contributed by atoms with van der Waals surface area (Å²) in [5.74, 6) is 0. The highest BCUT2D eigenvalue weighted by Crippen LogP contribution is 2.29. The lowest BCUT2D eigenvalue weighted by Crippen LogP contribution is -2.19. The number of aromatic nitrogens is 2.